The number of nitrogens with one attached hydrogen (secondary N) is 1. The van der Waals surface area contributed by atoms with Crippen molar-refractivity contribution in [1.29, 1.82) is 0 Å². The maximum Gasteiger partial charge on any atom is 0.243 e. The number of nitrogens with zero attached hydrogens (tertiary/aromatic N) is 1. The van der Waals surface area contributed by atoms with Gasteiger partial charge in [-0.2, -0.15) is 4.31 Å². The largest absolute Gasteiger partial charge is 0.493 e. The van der Waals surface area contributed by atoms with E-state index in [0.29, 0.717) is 24.3 Å². The van der Waals surface area contributed by atoms with Gasteiger partial charge in [0, 0.05) is 13.1 Å². The van der Waals surface area contributed by atoms with Crippen molar-refractivity contribution in [3.63, 3.8) is 0 Å². The fourth-order valence-corrected chi connectivity index (χ4v) is 4.99. The number of rotatable bonds is 7. The minimum absolute atomic E-state index is 0.0292. The first-order chi connectivity index (χ1) is 13.9. The lowest BCUT2D eigenvalue weighted by Gasteiger charge is -2.23. The van der Waals surface area contributed by atoms with Gasteiger partial charge in [-0.15, -0.1) is 0 Å². The van der Waals surface area contributed by atoms with Crippen molar-refractivity contribution in [1.82, 2.24) is 9.62 Å². The number of amides is 1. The molecule has 2 aromatic rings. The van der Waals surface area contributed by atoms with E-state index in [9.17, 15) is 17.6 Å². The monoisotopic (exact) mass is 422 g/mol. The summed E-state index contributed by atoms with van der Waals surface area (Å²) in [5, 5.41) is 2.79. The molecule has 7 nitrogen and oxygen atoms in total. The molecule has 1 N–H and O–H groups in total. The number of hydrogen-bond acceptors (Lipinski definition) is 5. The number of benzene rings is 2. The zero-order valence-electron chi connectivity index (χ0n) is 16.2. The Kier molecular flexibility index (Phi) is 6.39. The van der Waals surface area contributed by atoms with Gasteiger partial charge in [-0.25, -0.2) is 12.8 Å². The molecule has 3 rings (SSSR count). The van der Waals surface area contributed by atoms with Gasteiger partial charge in [-0.3, -0.25) is 4.79 Å². The van der Waals surface area contributed by atoms with E-state index in [0.717, 1.165) is 17.7 Å². The summed E-state index contributed by atoms with van der Waals surface area (Å²) >= 11 is 0. The molecule has 1 unspecified atom stereocenters. The van der Waals surface area contributed by atoms with Crippen molar-refractivity contribution >= 4 is 15.9 Å². The third kappa shape index (κ3) is 4.51. The van der Waals surface area contributed by atoms with Crippen LogP contribution in [0.25, 0.3) is 0 Å². The maximum absolute atomic E-state index is 13.1. The highest BCUT2D eigenvalue weighted by molar-refractivity contribution is 7.89. The lowest BCUT2D eigenvalue weighted by atomic mass is 10.1. The molecule has 0 spiro atoms. The predicted octanol–water partition coefficient (Wildman–Crippen LogP) is 2.31. The fraction of sp³-hybridized carbons (Fsp3) is 0.350. The molecule has 156 valence electrons. The molecule has 1 saturated heterocycles. The summed E-state index contributed by atoms with van der Waals surface area (Å²) in [7, 11) is -0.821. The first-order valence-electron chi connectivity index (χ1n) is 9.13. The molecule has 0 bridgehead atoms. The van der Waals surface area contributed by atoms with Crippen LogP contribution in [0, 0.1) is 5.82 Å². The first-order valence-corrected chi connectivity index (χ1v) is 10.6. The fourth-order valence-electron chi connectivity index (χ4n) is 3.33. The van der Waals surface area contributed by atoms with E-state index in [1.54, 1.807) is 18.2 Å². The van der Waals surface area contributed by atoms with Crippen LogP contribution in [0.1, 0.15) is 18.4 Å². The number of methoxy groups -OCH3 is 2. The van der Waals surface area contributed by atoms with Gasteiger partial charge in [0.2, 0.25) is 15.9 Å². The molecule has 1 aliphatic heterocycles. The topological polar surface area (TPSA) is 84.9 Å². The molecule has 0 saturated carbocycles. The third-order valence-corrected chi connectivity index (χ3v) is 6.76. The van der Waals surface area contributed by atoms with Crippen molar-refractivity contribution < 1.29 is 27.1 Å². The molecule has 1 fully saturated rings. The van der Waals surface area contributed by atoms with Crippen LogP contribution in [-0.4, -0.2) is 45.4 Å². The van der Waals surface area contributed by atoms with Crippen LogP contribution in [-0.2, 0) is 21.4 Å². The van der Waals surface area contributed by atoms with Gasteiger partial charge >= 0.3 is 0 Å². The summed E-state index contributed by atoms with van der Waals surface area (Å²) < 4.78 is 50.5. The molecule has 0 aromatic heterocycles. The van der Waals surface area contributed by atoms with Gasteiger partial charge in [-0.05, 0) is 54.8 Å². The highest BCUT2D eigenvalue weighted by atomic mass is 32.2. The van der Waals surface area contributed by atoms with Crippen LogP contribution in [0.15, 0.2) is 47.4 Å². The summed E-state index contributed by atoms with van der Waals surface area (Å²) in [6.07, 6.45) is 1.01. The van der Waals surface area contributed by atoms with Gasteiger partial charge in [0.1, 0.15) is 11.9 Å². The second-order valence-electron chi connectivity index (χ2n) is 6.63. The summed E-state index contributed by atoms with van der Waals surface area (Å²) in [5.41, 5.74) is 0.793. The Labute approximate surface area is 169 Å². The van der Waals surface area contributed by atoms with Gasteiger partial charge in [-0.1, -0.05) is 6.07 Å². The Morgan fingerprint density at radius 1 is 1.14 bits per heavy atom. The molecule has 29 heavy (non-hydrogen) atoms. The van der Waals surface area contributed by atoms with E-state index in [1.165, 1.54) is 30.7 Å². The second-order valence-corrected chi connectivity index (χ2v) is 8.53. The Morgan fingerprint density at radius 2 is 1.83 bits per heavy atom. The van der Waals surface area contributed by atoms with Crippen LogP contribution in [0.4, 0.5) is 4.39 Å². The minimum Gasteiger partial charge on any atom is -0.493 e. The quantitative estimate of drug-likeness (QED) is 0.740. The van der Waals surface area contributed by atoms with Crippen LogP contribution >= 0.6 is 0 Å². The summed E-state index contributed by atoms with van der Waals surface area (Å²) in [5.74, 6) is 0.230. The van der Waals surface area contributed by atoms with Gasteiger partial charge in [0.05, 0.1) is 19.1 Å². The minimum atomic E-state index is -3.88. The Morgan fingerprint density at radius 3 is 2.48 bits per heavy atom. The molecule has 1 aliphatic rings. The van der Waals surface area contributed by atoms with E-state index >= 15 is 0 Å². The lowest BCUT2D eigenvalue weighted by molar-refractivity contribution is -0.124. The normalized spacial score (nSPS) is 17.1. The standard InChI is InChI=1S/C20H23FN2O5S/c1-27-18-10-5-14(12-19(18)28-2)13-22-20(24)17-4-3-11-23(17)29(25,26)16-8-6-15(21)7-9-16/h5-10,12,17H,3-4,11,13H2,1-2H3,(H,22,24). The van der Waals surface area contributed by atoms with Crippen LogP contribution < -0.4 is 14.8 Å². The van der Waals surface area contributed by atoms with Gasteiger partial charge < -0.3 is 14.8 Å². The van der Waals surface area contributed by atoms with Crippen LogP contribution in [0.5, 0.6) is 11.5 Å². The number of carbonyl (C=O) groups excluding carboxylic acids is 1. The average molecular weight is 422 g/mol. The third-order valence-electron chi connectivity index (χ3n) is 4.84. The van der Waals surface area contributed by atoms with Gasteiger partial charge in [0.15, 0.2) is 11.5 Å². The highest BCUT2D eigenvalue weighted by Gasteiger charge is 2.39. The average Bonchev–Trinajstić information content (AvgIpc) is 3.23. The lowest BCUT2D eigenvalue weighted by Crippen LogP contribution is -2.45. The number of ether oxygens (including phenoxy) is 2. The Balaban J connectivity index is 1.71. The SMILES string of the molecule is COc1ccc(CNC(=O)C2CCCN2S(=O)(=O)c2ccc(F)cc2)cc1OC. The van der Waals surface area contributed by atoms with Crippen molar-refractivity contribution in [2.75, 3.05) is 20.8 Å². The van der Waals surface area contributed by atoms with Crippen molar-refractivity contribution in [3.05, 3.63) is 53.8 Å². The smallest absolute Gasteiger partial charge is 0.243 e. The van der Waals surface area contributed by atoms with E-state index in [1.807, 2.05) is 0 Å². The number of hydrogen-bond donors (Lipinski definition) is 1. The van der Waals surface area contributed by atoms with Crippen LogP contribution in [0.2, 0.25) is 0 Å². The zero-order chi connectivity index (χ0) is 21.0. The summed E-state index contributed by atoms with van der Waals surface area (Å²) in [6.45, 7) is 0.467. The molecule has 0 aliphatic carbocycles. The van der Waals surface area contributed by atoms with Crippen molar-refractivity contribution in [2.45, 2.75) is 30.3 Å². The Hall–Kier alpha value is -2.65. The molecular formula is C20H23FN2O5S. The van der Waals surface area contributed by atoms with Gasteiger partial charge in [0.25, 0.3) is 0 Å². The molecule has 1 amide bonds. The summed E-state index contributed by atoms with van der Waals surface area (Å²) in [4.78, 5) is 12.7. The predicted molar refractivity (Wildman–Crippen MR) is 105 cm³/mol. The second kappa shape index (κ2) is 8.79. The Bertz CT molecular complexity index is 979. The molecule has 1 atom stereocenters. The van der Waals surface area contributed by atoms with Crippen molar-refractivity contribution in [3.8, 4) is 11.5 Å². The molecular weight excluding hydrogens is 399 g/mol. The molecule has 2 aromatic carbocycles. The van der Waals surface area contributed by atoms with E-state index in [2.05, 4.69) is 5.32 Å². The van der Waals surface area contributed by atoms with E-state index in [-0.39, 0.29) is 23.9 Å². The zero-order valence-corrected chi connectivity index (χ0v) is 17.0. The number of carbonyl (C=O) groups is 1. The highest BCUT2D eigenvalue weighted by Crippen LogP contribution is 2.28. The molecule has 1 heterocycles. The first kappa shape index (κ1) is 21.1. The van der Waals surface area contributed by atoms with E-state index in [4.69, 9.17) is 9.47 Å². The molecule has 9 heteroatoms. The van der Waals surface area contributed by atoms with Crippen molar-refractivity contribution in [2.24, 2.45) is 0 Å². The van der Waals surface area contributed by atoms with Crippen LogP contribution in [0.3, 0.4) is 0 Å². The van der Waals surface area contributed by atoms with E-state index < -0.39 is 21.9 Å². The maximum atomic E-state index is 13.1. The summed E-state index contributed by atoms with van der Waals surface area (Å²) in [6, 6.07) is 9.09. The number of halogens is 1. The number of sulfonamides is 1. The molecule has 0 radical (unpaired) electrons.